The molecule has 3 rings (SSSR count). The summed E-state index contributed by atoms with van der Waals surface area (Å²) in [5.41, 5.74) is 0.0540. The summed E-state index contributed by atoms with van der Waals surface area (Å²) < 4.78 is 6.81. The highest BCUT2D eigenvalue weighted by atomic mass is 32.2. The van der Waals surface area contributed by atoms with Gasteiger partial charge in [-0.25, -0.2) is 14.5 Å². The minimum Gasteiger partial charge on any atom is -0.462 e. The third-order valence-electron chi connectivity index (χ3n) is 4.02. The number of H-pyrrole nitrogens is 1. The fourth-order valence-electron chi connectivity index (χ4n) is 2.63. The molecule has 28 heavy (non-hydrogen) atoms. The molecule has 0 saturated carbocycles. The van der Waals surface area contributed by atoms with E-state index in [1.54, 1.807) is 18.5 Å². The zero-order valence-electron chi connectivity index (χ0n) is 16.6. The van der Waals surface area contributed by atoms with Gasteiger partial charge in [-0.1, -0.05) is 11.8 Å². The molecular weight excluding hydrogens is 400 g/mol. The van der Waals surface area contributed by atoms with Crippen LogP contribution in [0.1, 0.15) is 60.9 Å². The van der Waals surface area contributed by atoms with Crippen molar-refractivity contribution in [3.63, 3.8) is 0 Å². The Bertz CT molecular complexity index is 1080. The maximum Gasteiger partial charge on any atom is 0.348 e. The number of aryl methyl sites for hydroxylation is 1. The molecule has 0 aliphatic heterocycles. The Morgan fingerprint density at radius 2 is 2.11 bits per heavy atom. The number of thiophene rings is 1. The molecule has 3 heterocycles. The summed E-state index contributed by atoms with van der Waals surface area (Å²) in [5.74, 6) is 0.0679. The average Bonchev–Trinajstić information content (AvgIpc) is 3.19. The van der Waals surface area contributed by atoms with Crippen LogP contribution in [-0.4, -0.2) is 42.8 Å². The number of carbonyl (C=O) groups is 1. The van der Waals surface area contributed by atoms with Crippen molar-refractivity contribution in [2.24, 2.45) is 0 Å². The quantitative estimate of drug-likeness (QED) is 0.493. The van der Waals surface area contributed by atoms with E-state index >= 15 is 0 Å². The van der Waals surface area contributed by atoms with E-state index in [1.807, 2.05) is 27.7 Å². The van der Waals surface area contributed by atoms with Gasteiger partial charge >= 0.3 is 5.97 Å². The highest BCUT2D eigenvalue weighted by Crippen LogP contribution is 2.34. The largest absolute Gasteiger partial charge is 0.462 e. The predicted octanol–water partition coefficient (Wildman–Crippen LogP) is 3.06. The summed E-state index contributed by atoms with van der Waals surface area (Å²) in [6, 6.07) is 0. The number of aromatic amines is 1. The second-order valence-corrected chi connectivity index (χ2v) is 9.52. The molecule has 1 atom stereocenters. The van der Waals surface area contributed by atoms with Gasteiger partial charge in [0.05, 0.1) is 22.8 Å². The van der Waals surface area contributed by atoms with Crippen molar-refractivity contribution < 1.29 is 9.53 Å². The lowest BCUT2D eigenvalue weighted by Crippen LogP contribution is -2.24. The molecule has 3 aromatic rings. The number of thioether (sulfide) groups is 1. The summed E-state index contributed by atoms with van der Waals surface area (Å²) in [6.45, 7) is 11.7. The van der Waals surface area contributed by atoms with Crippen LogP contribution in [0.4, 0.5) is 0 Å². The molecule has 3 aromatic heterocycles. The predicted molar refractivity (Wildman–Crippen MR) is 108 cm³/mol. The van der Waals surface area contributed by atoms with Crippen LogP contribution in [0.5, 0.6) is 0 Å². The molecule has 1 N–H and O–H groups in total. The molecule has 0 saturated heterocycles. The Balaban J connectivity index is 1.97. The van der Waals surface area contributed by atoms with E-state index in [-0.39, 0.29) is 23.0 Å². The van der Waals surface area contributed by atoms with Gasteiger partial charge in [0, 0.05) is 0 Å². The standard InChI is InChI=1S/C17H22N6O3S2/c1-7-26-15(25)11-8(2)10-13(24)18-12(19-14(10)28-11)9(3)27-16-20-21-22-23(16)17(4,5)6/h9H,7H2,1-6H3,(H,18,19,24). The zero-order valence-corrected chi connectivity index (χ0v) is 18.2. The van der Waals surface area contributed by atoms with E-state index in [1.165, 1.54) is 23.1 Å². The molecule has 9 nitrogen and oxygen atoms in total. The number of rotatable bonds is 5. The molecule has 0 aromatic carbocycles. The van der Waals surface area contributed by atoms with E-state index in [4.69, 9.17) is 4.74 Å². The maximum atomic E-state index is 12.7. The van der Waals surface area contributed by atoms with Crippen LogP contribution in [0.3, 0.4) is 0 Å². The Morgan fingerprint density at radius 3 is 2.75 bits per heavy atom. The van der Waals surface area contributed by atoms with Crippen molar-refractivity contribution >= 4 is 39.3 Å². The number of fused-ring (bicyclic) bond motifs is 1. The van der Waals surface area contributed by atoms with Crippen molar-refractivity contribution in [1.29, 1.82) is 0 Å². The molecule has 150 valence electrons. The molecule has 0 amide bonds. The van der Waals surface area contributed by atoms with Crippen molar-refractivity contribution in [3.8, 4) is 0 Å². The normalized spacial score (nSPS) is 13.1. The number of aromatic nitrogens is 6. The monoisotopic (exact) mass is 422 g/mol. The van der Waals surface area contributed by atoms with Crippen molar-refractivity contribution in [2.75, 3.05) is 6.61 Å². The van der Waals surface area contributed by atoms with Gasteiger partial charge in [0.1, 0.15) is 15.5 Å². The van der Waals surface area contributed by atoms with Gasteiger partial charge in [-0.15, -0.1) is 16.4 Å². The zero-order chi connectivity index (χ0) is 20.6. The van der Waals surface area contributed by atoms with Crippen molar-refractivity contribution in [2.45, 2.75) is 57.5 Å². The summed E-state index contributed by atoms with van der Waals surface area (Å²) >= 11 is 2.58. The first-order valence-electron chi connectivity index (χ1n) is 8.79. The number of esters is 1. The molecule has 0 aliphatic rings. The van der Waals surface area contributed by atoms with Crippen LogP contribution in [0.15, 0.2) is 9.95 Å². The van der Waals surface area contributed by atoms with E-state index in [0.717, 1.165) is 0 Å². The fourth-order valence-corrected chi connectivity index (χ4v) is 4.75. The lowest BCUT2D eigenvalue weighted by atomic mass is 10.1. The van der Waals surface area contributed by atoms with E-state index in [2.05, 4.69) is 25.5 Å². The number of ether oxygens (including phenoxy) is 1. The molecule has 0 radical (unpaired) electrons. The molecular formula is C17H22N6O3S2. The van der Waals surface area contributed by atoms with Gasteiger partial charge in [0.25, 0.3) is 5.56 Å². The number of tetrazole rings is 1. The summed E-state index contributed by atoms with van der Waals surface area (Å²) in [6.07, 6.45) is 0. The summed E-state index contributed by atoms with van der Waals surface area (Å²) in [5, 5.41) is 12.7. The minimum absolute atomic E-state index is 0.197. The Kier molecular flexibility index (Phi) is 5.57. The number of nitrogens with one attached hydrogen (secondary N) is 1. The number of carbonyl (C=O) groups excluding carboxylic acids is 1. The third-order valence-corrected chi connectivity index (χ3v) is 6.23. The van der Waals surface area contributed by atoms with Crippen molar-refractivity contribution in [3.05, 3.63) is 26.6 Å². The van der Waals surface area contributed by atoms with Gasteiger partial charge in [-0.3, -0.25) is 4.79 Å². The molecule has 0 aliphatic carbocycles. The first kappa shape index (κ1) is 20.5. The van der Waals surface area contributed by atoms with Gasteiger partial charge in [0.15, 0.2) is 0 Å². The van der Waals surface area contributed by atoms with E-state index in [9.17, 15) is 9.59 Å². The number of hydrogen-bond donors (Lipinski definition) is 1. The Labute approximate surface area is 169 Å². The SMILES string of the molecule is CCOC(=O)c1sc2nc(C(C)Sc3nnnn3C(C)(C)C)[nH]c(=O)c2c1C. The Morgan fingerprint density at radius 1 is 1.39 bits per heavy atom. The van der Waals surface area contributed by atoms with Gasteiger partial charge in [-0.05, 0) is 57.5 Å². The van der Waals surface area contributed by atoms with Gasteiger partial charge in [0.2, 0.25) is 5.16 Å². The van der Waals surface area contributed by atoms with Crippen LogP contribution < -0.4 is 5.56 Å². The van der Waals surface area contributed by atoms with Crippen molar-refractivity contribution in [1.82, 2.24) is 30.2 Å². The molecule has 11 heteroatoms. The van der Waals surface area contributed by atoms with Gasteiger partial charge in [-0.2, -0.15) is 0 Å². The van der Waals surface area contributed by atoms with E-state index < -0.39 is 5.97 Å². The second-order valence-electron chi connectivity index (χ2n) is 7.21. The van der Waals surface area contributed by atoms with E-state index in [0.29, 0.717) is 31.6 Å². The summed E-state index contributed by atoms with van der Waals surface area (Å²) in [4.78, 5) is 33.1. The number of hydrogen-bond acceptors (Lipinski definition) is 9. The van der Waals surface area contributed by atoms with Crippen LogP contribution in [0, 0.1) is 6.92 Å². The smallest absolute Gasteiger partial charge is 0.348 e. The second kappa shape index (κ2) is 7.63. The van der Waals surface area contributed by atoms with Crippen LogP contribution in [0.25, 0.3) is 10.2 Å². The molecule has 0 fully saturated rings. The molecule has 1 unspecified atom stereocenters. The minimum atomic E-state index is -0.435. The maximum absolute atomic E-state index is 12.7. The third kappa shape index (κ3) is 3.81. The fraction of sp³-hybridized carbons (Fsp3) is 0.529. The summed E-state index contributed by atoms with van der Waals surface area (Å²) in [7, 11) is 0. The Hall–Kier alpha value is -2.27. The lowest BCUT2D eigenvalue weighted by molar-refractivity contribution is 0.0531. The highest BCUT2D eigenvalue weighted by Gasteiger charge is 2.25. The van der Waals surface area contributed by atoms with Gasteiger partial charge < -0.3 is 9.72 Å². The number of nitrogens with zero attached hydrogens (tertiary/aromatic N) is 5. The molecule has 0 bridgehead atoms. The van der Waals surface area contributed by atoms with Crippen LogP contribution in [0.2, 0.25) is 0 Å². The highest BCUT2D eigenvalue weighted by molar-refractivity contribution is 7.99. The first-order chi connectivity index (χ1) is 13.1. The molecule has 0 spiro atoms. The van der Waals surface area contributed by atoms with Crippen LogP contribution in [-0.2, 0) is 10.3 Å². The average molecular weight is 423 g/mol. The lowest BCUT2D eigenvalue weighted by Gasteiger charge is -2.20. The topological polar surface area (TPSA) is 116 Å². The van der Waals surface area contributed by atoms with Crippen LogP contribution >= 0.6 is 23.1 Å². The first-order valence-corrected chi connectivity index (χ1v) is 10.5.